The van der Waals surface area contributed by atoms with E-state index >= 15 is 4.21 Å². The maximum absolute atomic E-state index is 15.5. The topological polar surface area (TPSA) is 28.5 Å². The van der Waals surface area contributed by atoms with Crippen LogP contribution in [0.15, 0.2) is 222 Å². The summed E-state index contributed by atoms with van der Waals surface area (Å²) in [5, 5.41) is 2.36. The molecule has 3 aliphatic rings. The van der Waals surface area contributed by atoms with Crippen LogP contribution >= 0.6 is 0 Å². The molecule has 0 bridgehead atoms. The summed E-state index contributed by atoms with van der Waals surface area (Å²) < 4.78 is 17.8. The first kappa shape index (κ1) is 33.5. The van der Waals surface area contributed by atoms with E-state index in [4.69, 9.17) is 0 Å². The van der Waals surface area contributed by atoms with Crippen LogP contribution in [-0.4, -0.2) is 8.78 Å². The molecule has 1 atom stereocenters. The highest BCUT2D eigenvalue weighted by Gasteiger charge is 2.53. The van der Waals surface area contributed by atoms with Crippen molar-refractivity contribution in [3.63, 3.8) is 0 Å². The van der Waals surface area contributed by atoms with Crippen molar-refractivity contribution in [2.24, 2.45) is 0 Å². The summed E-state index contributed by atoms with van der Waals surface area (Å²) >= 11 is 0. The molecule has 3 heterocycles. The molecule has 1 aliphatic carbocycles. The van der Waals surface area contributed by atoms with Crippen molar-refractivity contribution in [3.8, 4) is 16.8 Å². The number of benzene rings is 9. The smallest absolute Gasteiger partial charge is 0.0898 e. The molecule has 0 radical (unpaired) electrons. The second-order valence-electron chi connectivity index (χ2n) is 15.8. The van der Waals surface area contributed by atoms with Gasteiger partial charge in [-0.25, -0.2) is 4.21 Å². The molecule has 0 saturated carbocycles. The highest BCUT2D eigenvalue weighted by molar-refractivity contribution is 7.85. The number of aromatic nitrogens is 1. The van der Waals surface area contributed by atoms with E-state index in [1.54, 1.807) is 0 Å². The van der Waals surface area contributed by atoms with Gasteiger partial charge in [-0.15, -0.1) is 0 Å². The van der Waals surface area contributed by atoms with Gasteiger partial charge in [0.05, 0.1) is 59.8 Å². The number of nitrogens with zero attached hydrogens (tertiary/aromatic N) is 3. The fraction of sp³-hybridized carbons (Fsp3) is 0.0182. The SMILES string of the molecule is O=S1c2ccccc2N(c2ccc3c(c2)c2ccccc2n3-c2ccccc2)c2ccc3c(c21)-c1ccccc1C31c2ccccc2N(c2ccccc2)c2ccccc21. The van der Waals surface area contributed by atoms with Crippen molar-refractivity contribution in [1.29, 1.82) is 0 Å². The number of fused-ring (bicyclic) bond motifs is 15. The van der Waals surface area contributed by atoms with E-state index in [-0.39, 0.29) is 0 Å². The summed E-state index contributed by atoms with van der Waals surface area (Å²) in [5.41, 5.74) is 16.0. The molecule has 0 N–H and O–H groups in total. The van der Waals surface area contributed by atoms with E-state index < -0.39 is 16.2 Å². The number of rotatable bonds is 3. The van der Waals surface area contributed by atoms with Crippen molar-refractivity contribution < 1.29 is 4.21 Å². The monoisotopic (exact) mass is 785 g/mol. The van der Waals surface area contributed by atoms with Crippen molar-refractivity contribution >= 4 is 66.7 Å². The van der Waals surface area contributed by atoms with Gasteiger partial charge >= 0.3 is 0 Å². The third kappa shape index (κ3) is 4.31. The molecular weight excluding hydrogens is 751 g/mol. The molecule has 1 aromatic heterocycles. The van der Waals surface area contributed by atoms with E-state index in [2.05, 4.69) is 215 Å². The van der Waals surface area contributed by atoms with Gasteiger partial charge in [0.2, 0.25) is 0 Å². The van der Waals surface area contributed by atoms with Crippen molar-refractivity contribution in [3.05, 3.63) is 235 Å². The molecule has 2 aliphatic heterocycles. The van der Waals surface area contributed by atoms with Gasteiger partial charge < -0.3 is 14.4 Å². The minimum absolute atomic E-state index is 0.649. The van der Waals surface area contributed by atoms with E-state index in [0.717, 1.165) is 77.3 Å². The summed E-state index contributed by atoms with van der Waals surface area (Å²) in [6.45, 7) is 0. The Morgan fingerprint density at radius 2 is 0.950 bits per heavy atom. The first-order chi connectivity index (χ1) is 29.7. The average Bonchev–Trinajstić information content (AvgIpc) is 3.80. The van der Waals surface area contributed by atoms with Gasteiger partial charge in [0, 0.05) is 33.4 Å². The maximum Gasteiger partial charge on any atom is 0.0898 e. The summed E-state index contributed by atoms with van der Waals surface area (Å²) in [6.07, 6.45) is 0. The van der Waals surface area contributed by atoms with Crippen LogP contribution < -0.4 is 9.80 Å². The molecule has 0 saturated heterocycles. The van der Waals surface area contributed by atoms with Crippen molar-refractivity contribution in [1.82, 2.24) is 4.57 Å². The quantitative estimate of drug-likeness (QED) is 0.179. The van der Waals surface area contributed by atoms with Crippen LogP contribution in [0.2, 0.25) is 0 Å². The number of hydrogen-bond donors (Lipinski definition) is 0. The Balaban J connectivity index is 1.09. The highest BCUT2D eigenvalue weighted by Crippen LogP contribution is 2.65. The van der Waals surface area contributed by atoms with Gasteiger partial charge in [0.25, 0.3) is 0 Å². The van der Waals surface area contributed by atoms with Gasteiger partial charge in [0.1, 0.15) is 0 Å². The Morgan fingerprint density at radius 3 is 1.70 bits per heavy atom. The second-order valence-corrected chi connectivity index (χ2v) is 17.2. The molecule has 0 amide bonds. The molecule has 60 heavy (non-hydrogen) atoms. The lowest BCUT2D eigenvalue weighted by Crippen LogP contribution is -2.36. The summed E-state index contributed by atoms with van der Waals surface area (Å²) in [6, 6.07) is 76.0. The Morgan fingerprint density at radius 1 is 0.383 bits per heavy atom. The molecule has 13 rings (SSSR count). The third-order valence-corrected chi connectivity index (χ3v) is 14.4. The van der Waals surface area contributed by atoms with E-state index in [1.807, 2.05) is 12.1 Å². The average molecular weight is 786 g/mol. The molecule has 9 aromatic carbocycles. The fourth-order valence-corrected chi connectivity index (χ4v) is 12.2. The lowest BCUT2D eigenvalue weighted by atomic mass is 9.64. The molecule has 282 valence electrons. The molecule has 1 unspecified atom stereocenters. The Hall–Kier alpha value is -7.47. The third-order valence-electron chi connectivity index (χ3n) is 12.9. The van der Waals surface area contributed by atoms with Gasteiger partial charge in [-0.1, -0.05) is 133 Å². The molecule has 0 fully saturated rings. The van der Waals surface area contributed by atoms with E-state index in [1.165, 1.54) is 27.5 Å². The number of anilines is 6. The summed E-state index contributed by atoms with van der Waals surface area (Å²) in [7, 11) is -1.47. The maximum atomic E-state index is 15.5. The predicted molar refractivity (Wildman–Crippen MR) is 246 cm³/mol. The van der Waals surface area contributed by atoms with E-state index in [9.17, 15) is 0 Å². The van der Waals surface area contributed by atoms with Crippen LogP contribution in [0.5, 0.6) is 0 Å². The van der Waals surface area contributed by atoms with Gasteiger partial charge in [-0.3, -0.25) is 0 Å². The van der Waals surface area contributed by atoms with Crippen LogP contribution in [0.1, 0.15) is 22.3 Å². The molecule has 4 nitrogen and oxygen atoms in total. The number of hydrogen-bond acceptors (Lipinski definition) is 3. The van der Waals surface area contributed by atoms with Crippen LogP contribution in [0.25, 0.3) is 38.6 Å². The normalized spacial score (nSPS) is 15.3. The molecule has 1 spiro atoms. The largest absolute Gasteiger partial charge is 0.310 e. The Labute approximate surface area is 350 Å². The van der Waals surface area contributed by atoms with Crippen LogP contribution in [0.3, 0.4) is 0 Å². The van der Waals surface area contributed by atoms with Gasteiger partial charge in [-0.2, -0.15) is 0 Å². The zero-order valence-corrected chi connectivity index (χ0v) is 33.2. The standard InChI is InChI=1S/C55H35N3OS/c59-60-52-30-16-15-29-50(52)58(38-31-33-47-41(35-38)39-21-8-12-26-46(39)56(47)36-17-3-1-4-18-36)51-34-32-45-53(54(51)60)40-22-7-9-23-42(40)55(45)43-24-10-13-27-48(43)57(37-19-5-2-6-20-37)49-28-14-11-25-44(49)55/h1-35H. The van der Waals surface area contributed by atoms with Gasteiger partial charge in [0.15, 0.2) is 0 Å². The van der Waals surface area contributed by atoms with Gasteiger partial charge in [-0.05, 0) is 107 Å². The number of para-hydroxylation sites is 6. The zero-order chi connectivity index (χ0) is 39.5. The first-order valence-corrected chi connectivity index (χ1v) is 21.6. The van der Waals surface area contributed by atoms with Crippen LogP contribution in [0, 0.1) is 0 Å². The minimum Gasteiger partial charge on any atom is -0.310 e. The van der Waals surface area contributed by atoms with Crippen molar-refractivity contribution in [2.45, 2.75) is 15.2 Å². The highest BCUT2D eigenvalue weighted by atomic mass is 32.2. The predicted octanol–water partition coefficient (Wildman–Crippen LogP) is 13.9. The lowest BCUT2D eigenvalue weighted by molar-refractivity contribution is 0.682. The van der Waals surface area contributed by atoms with Crippen LogP contribution in [0.4, 0.5) is 34.1 Å². The first-order valence-electron chi connectivity index (χ1n) is 20.4. The lowest BCUT2D eigenvalue weighted by Gasteiger charge is -2.45. The Kier molecular flexibility index (Phi) is 6.99. The van der Waals surface area contributed by atoms with Crippen LogP contribution in [-0.2, 0) is 16.2 Å². The molecular formula is C55H35N3OS. The second kappa shape index (κ2) is 12.5. The summed E-state index contributed by atoms with van der Waals surface area (Å²) in [4.78, 5) is 6.40. The van der Waals surface area contributed by atoms with E-state index in [0.29, 0.717) is 0 Å². The zero-order valence-electron chi connectivity index (χ0n) is 32.4. The fourth-order valence-electron chi connectivity index (χ4n) is 10.6. The summed E-state index contributed by atoms with van der Waals surface area (Å²) in [5.74, 6) is 0. The Bertz CT molecular complexity index is 3380. The molecule has 10 aromatic rings. The van der Waals surface area contributed by atoms with Crippen molar-refractivity contribution in [2.75, 3.05) is 9.80 Å². The molecule has 5 heteroatoms. The minimum atomic E-state index is -1.47.